The molecule has 1 aliphatic rings. The van der Waals surface area contributed by atoms with Crippen molar-refractivity contribution in [3.8, 4) is 0 Å². The Morgan fingerprint density at radius 1 is 0.260 bits per heavy atom. The van der Waals surface area contributed by atoms with Gasteiger partial charge in [-0.3, -0.25) is 0 Å². The van der Waals surface area contributed by atoms with Crippen LogP contribution in [0.1, 0.15) is 198 Å². The molecule has 0 atom stereocenters. The third-order valence-electron chi connectivity index (χ3n) is 11.0. The minimum absolute atomic E-state index is 1.14. The Bertz CT molecular complexity index is 612. The first-order chi connectivity index (χ1) is 24.1. The van der Waals surface area contributed by atoms with Gasteiger partial charge in [0, 0.05) is 0 Å². The van der Waals surface area contributed by atoms with Gasteiger partial charge in [-0.25, -0.2) is 0 Å². The van der Waals surface area contributed by atoms with Gasteiger partial charge in [-0.15, -0.1) is 0 Å². The molecule has 10 heteroatoms. The summed E-state index contributed by atoms with van der Waals surface area (Å²) >= 11 is 0. The summed E-state index contributed by atoms with van der Waals surface area (Å²) in [7, 11) is -10.0. The highest BCUT2D eigenvalue weighted by molar-refractivity contribution is 8.49. The zero-order valence-corrected chi connectivity index (χ0v) is 41.6. The summed E-state index contributed by atoms with van der Waals surface area (Å²) < 4.78 is 33.4. The Kier molecular flexibility index (Phi) is 27.4. The van der Waals surface area contributed by atoms with Crippen LogP contribution in [0, 0.1) is 0 Å². The lowest BCUT2D eigenvalue weighted by Crippen LogP contribution is -2.67. The Morgan fingerprint density at radius 3 is 0.640 bits per heavy atom. The van der Waals surface area contributed by atoms with E-state index in [4.69, 9.17) is 16.5 Å². The number of rotatable bonds is 30. The summed E-state index contributed by atoms with van der Waals surface area (Å²) in [5, 5.41) is 0. The molecule has 0 aromatic heterocycles. The molecular formula is C40H90O4SSi5. The van der Waals surface area contributed by atoms with Gasteiger partial charge >= 0.3 is 25.7 Å². The van der Waals surface area contributed by atoms with E-state index in [0.717, 1.165) is 12.1 Å². The van der Waals surface area contributed by atoms with Crippen molar-refractivity contribution in [2.45, 2.75) is 258 Å². The highest BCUT2D eigenvalue weighted by Gasteiger charge is 2.61. The molecule has 0 aromatic carbocycles. The molecule has 1 aliphatic heterocycles. The Labute approximate surface area is 324 Å². The van der Waals surface area contributed by atoms with Crippen molar-refractivity contribution in [1.82, 2.24) is 0 Å². The normalized spacial score (nSPS) is 19.8. The molecule has 50 heavy (non-hydrogen) atoms. The molecule has 0 amide bonds. The number of hydrogen-bond acceptors (Lipinski definition) is 5. The molecule has 0 unspecified atom stereocenters. The van der Waals surface area contributed by atoms with Crippen molar-refractivity contribution in [2.75, 3.05) is 0 Å². The maximum Gasteiger partial charge on any atom is 0.320 e. The van der Waals surface area contributed by atoms with E-state index < -0.39 is 40.6 Å². The van der Waals surface area contributed by atoms with Crippen molar-refractivity contribution < 1.29 is 16.5 Å². The zero-order valence-electron chi connectivity index (χ0n) is 35.8. The first-order valence-corrected chi connectivity index (χ1v) is 36.3. The highest BCUT2D eigenvalue weighted by Crippen LogP contribution is 2.52. The lowest BCUT2D eigenvalue weighted by Gasteiger charge is -2.54. The largest absolute Gasteiger partial charge is 0.428 e. The second kappa shape index (κ2) is 27.8. The fraction of sp³-hybridized carbons (Fsp3) is 1.00. The van der Waals surface area contributed by atoms with Crippen molar-refractivity contribution >= 4 is 51.3 Å². The molecule has 0 spiro atoms. The third kappa shape index (κ3) is 17.4. The van der Waals surface area contributed by atoms with E-state index in [9.17, 15) is 0 Å². The average molecular weight is 808 g/mol. The summed E-state index contributed by atoms with van der Waals surface area (Å²) in [5.74, 6) is 0. The van der Waals surface area contributed by atoms with Gasteiger partial charge in [-0.05, 0) is 60.4 Å². The van der Waals surface area contributed by atoms with Crippen molar-refractivity contribution in [2.24, 2.45) is 0 Å². The lowest BCUT2D eigenvalue weighted by atomic mass is 10.4. The van der Waals surface area contributed by atoms with Crippen LogP contribution >= 0.6 is 10.7 Å². The van der Waals surface area contributed by atoms with Crippen LogP contribution in [0.25, 0.3) is 0 Å². The van der Waals surface area contributed by atoms with E-state index in [1.807, 2.05) is 0 Å². The molecule has 4 nitrogen and oxygen atoms in total. The van der Waals surface area contributed by atoms with E-state index in [1.165, 1.54) is 177 Å². The second-order valence-corrected chi connectivity index (χ2v) is 40.6. The minimum atomic E-state index is -2.67. The van der Waals surface area contributed by atoms with Gasteiger partial charge in [0.05, 0.1) is 0 Å². The summed E-state index contributed by atoms with van der Waals surface area (Å²) in [5.41, 5.74) is 0. The molecule has 1 fully saturated rings. The molecule has 0 radical (unpaired) electrons. The van der Waals surface area contributed by atoms with Crippen LogP contribution in [-0.2, 0) is 16.5 Å². The maximum absolute atomic E-state index is 8.41. The van der Waals surface area contributed by atoms with Gasteiger partial charge in [0.2, 0.25) is 14.9 Å². The summed E-state index contributed by atoms with van der Waals surface area (Å²) in [6.07, 6.45) is 24.8. The average Bonchev–Trinajstić information content (AvgIpc) is 3.12. The summed E-state index contributed by atoms with van der Waals surface area (Å²) in [6.45, 7) is 23.9. The summed E-state index contributed by atoms with van der Waals surface area (Å²) in [6, 6.07) is 12.1. The molecular weight excluding hydrogens is 717 g/mol. The quantitative estimate of drug-likeness (QED) is 0.0676. The van der Waals surface area contributed by atoms with Crippen LogP contribution in [-0.4, -0.2) is 40.6 Å². The van der Waals surface area contributed by atoms with Gasteiger partial charge in [0.15, 0.2) is 0 Å². The standard InChI is InChI=1S/C40H90O4SSi5/c1-11-21-31-46(32-22-12-2)41-47(33-23-13-3,34-24-14-4)43-49(37-27-17-7,38-28-18-8)45-50(39-29-19-9,40-30-20-10)44-48(42-46,35-25-15-5)36-26-16-6/h11-40H2,1-10H3. The molecule has 0 N–H and O–H groups in total. The van der Waals surface area contributed by atoms with E-state index in [2.05, 4.69) is 79.9 Å². The van der Waals surface area contributed by atoms with Gasteiger partial charge in [0.1, 0.15) is 0 Å². The second-order valence-electron chi connectivity index (χ2n) is 16.1. The molecule has 1 saturated heterocycles. The predicted octanol–water partition coefficient (Wildman–Crippen LogP) is 16.0. The molecule has 0 saturated carbocycles. The Hall–Kier alpha value is 1.27. The first-order valence-electron chi connectivity index (χ1n) is 22.6. The van der Waals surface area contributed by atoms with E-state index in [-0.39, 0.29) is 0 Å². The van der Waals surface area contributed by atoms with Gasteiger partial charge in [0.25, 0.3) is 0 Å². The number of unbranched alkanes of at least 4 members (excludes halogenated alkanes) is 10. The van der Waals surface area contributed by atoms with Crippen LogP contribution in [0.4, 0.5) is 0 Å². The van der Waals surface area contributed by atoms with Crippen LogP contribution in [0.2, 0.25) is 60.4 Å². The maximum atomic E-state index is 8.41. The number of hydrogen-bond donors (Lipinski definition) is 0. The fourth-order valence-corrected chi connectivity index (χ4v) is 59.0. The minimum Gasteiger partial charge on any atom is -0.428 e. The molecule has 0 bridgehead atoms. The third-order valence-corrected chi connectivity index (χ3v) is 47.7. The smallest absolute Gasteiger partial charge is 0.320 e. The monoisotopic (exact) mass is 807 g/mol. The predicted molar refractivity (Wildman–Crippen MR) is 238 cm³/mol. The van der Waals surface area contributed by atoms with Gasteiger partial charge in [-0.2, -0.15) is 10.7 Å². The van der Waals surface area contributed by atoms with E-state index in [0.29, 0.717) is 0 Å². The molecule has 1 rings (SSSR count). The zero-order chi connectivity index (χ0) is 37.2. The topological polar surface area (TPSA) is 36.9 Å². The van der Waals surface area contributed by atoms with E-state index >= 15 is 0 Å². The summed E-state index contributed by atoms with van der Waals surface area (Å²) in [4.78, 5) is 0. The SMILES string of the molecule is CCCC[Si]1(CCCC)O[Si](CCCC)(CCCC)O[Si](CCCC)(CCCC)S[Si](CCCC)(CCCC)O[Si](CCCC)(CCCC)O1. The van der Waals surface area contributed by atoms with Crippen LogP contribution < -0.4 is 0 Å². The fourth-order valence-electron chi connectivity index (χ4n) is 7.91. The Morgan fingerprint density at radius 2 is 0.440 bits per heavy atom. The van der Waals surface area contributed by atoms with Crippen LogP contribution in [0.15, 0.2) is 0 Å². The van der Waals surface area contributed by atoms with Crippen molar-refractivity contribution in [3.05, 3.63) is 0 Å². The molecule has 1 heterocycles. The van der Waals surface area contributed by atoms with Gasteiger partial charge < -0.3 is 16.5 Å². The van der Waals surface area contributed by atoms with Crippen LogP contribution in [0.5, 0.6) is 0 Å². The van der Waals surface area contributed by atoms with E-state index in [1.54, 1.807) is 0 Å². The van der Waals surface area contributed by atoms with Crippen molar-refractivity contribution in [3.63, 3.8) is 0 Å². The Balaban J connectivity index is 4.45. The van der Waals surface area contributed by atoms with Gasteiger partial charge in [-0.1, -0.05) is 198 Å². The molecule has 0 aliphatic carbocycles. The molecule has 0 aromatic rings. The molecule has 300 valence electrons. The first kappa shape index (κ1) is 49.3. The highest BCUT2D eigenvalue weighted by atomic mass is 32.5. The van der Waals surface area contributed by atoms with Crippen LogP contribution in [0.3, 0.4) is 0 Å². The lowest BCUT2D eigenvalue weighted by molar-refractivity contribution is 0.263. The van der Waals surface area contributed by atoms with Crippen molar-refractivity contribution in [1.29, 1.82) is 0 Å².